The molecule has 0 spiro atoms. The molecule has 1 saturated heterocycles. The van der Waals surface area contributed by atoms with Crippen molar-refractivity contribution in [3.05, 3.63) is 104 Å². The number of nitrogens with one attached hydrogen (secondary N) is 1. The number of halogens is 1. The number of ether oxygens (including phenoxy) is 3. The lowest BCUT2D eigenvalue weighted by Crippen LogP contribution is -2.38. The first-order chi connectivity index (χ1) is 16.3. The molecule has 2 aromatic carbocycles. The second-order valence-electron chi connectivity index (χ2n) is 7.69. The van der Waals surface area contributed by atoms with E-state index in [0.717, 1.165) is 10.8 Å². The van der Waals surface area contributed by atoms with Crippen LogP contribution in [-0.4, -0.2) is 46.5 Å². The number of benzene rings is 2. The monoisotopic (exact) mass is 468 g/mol. The van der Waals surface area contributed by atoms with Gasteiger partial charge in [-0.2, -0.15) is 0 Å². The van der Waals surface area contributed by atoms with E-state index < -0.39 is 54.4 Å². The van der Waals surface area contributed by atoms with E-state index in [9.17, 15) is 19.2 Å². The maximum Gasteiger partial charge on any atom is 0.338 e. The van der Waals surface area contributed by atoms with E-state index in [1.54, 1.807) is 48.5 Å². The Balaban J connectivity index is 1.59. The fourth-order valence-electron chi connectivity index (χ4n) is 3.55. The molecule has 1 aromatic heterocycles. The number of carbonyl (C=O) groups is 2. The molecule has 1 N–H and O–H groups in total. The third-order valence-corrected chi connectivity index (χ3v) is 5.33. The number of esters is 2. The summed E-state index contributed by atoms with van der Waals surface area (Å²) in [6.45, 7) is 1.01. The van der Waals surface area contributed by atoms with Crippen LogP contribution in [0.2, 0.25) is 0 Å². The molecule has 0 bridgehead atoms. The lowest BCUT2D eigenvalue weighted by molar-refractivity contribution is -0.0592. The summed E-state index contributed by atoms with van der Waals surface area (Å²) >= 11 is 0. The highest BCUT2D eigenvalue weighted by Gasteiger charge is 2.49. The average Bonchev–Trinajstić information content (AvgIpc) is 3.15. The molecule has 34 heavy (non-hydrogen) atoms. The van der Waals surface area contributed by atoms with Gasteiger partial charge in [-0.25, -0.2) is 18.8 Å². The molecular weight excluding hydrogens is 447 g/mol. The number of aryl methyl sites for hydroxylation is 1. The molecule has 0 radical (unpaired) electrons. The highest BCUT2D eigenvalue weighted by atomic mass is 19.1. The van der Waals surface area contributed by atoms with Gasteiger partial charge in [-0.3, -0.25) is 14.3 Å². The van der Waals surface area contributed by atoms with Crippen LogP contribution in [0.5, 0.6) is 0 Å². The maximum absolute atomic E-state index is 15.5. The van der Waals surface area contributed by atoms with Crippen molar-refractivity contribution >= 4 is 11.9 Å². The Morgan fingerprint density at radius 3 is 2.21 bits per heavy atom. The van der Waals surface area contributed by atoms with Crippen LogP contribution in [0.15, 0.2) is 76.4 Å². The summed E-state index contributed by atoms with van der Waals surface area (Å²) in [4.78, 5) is 51.0. The van der Waals surface area contributed by atoms with Gasteiger partial charge >= 0.3 is 17.6 Å². The van der Waals surface area contributed by atoms with Crippen molar-refractivity contribution in [3.63, 3.8) is 0 Å². The van der Waals surface area contributed by atoms with Gasteiger partial charge in [-0.05, 0) is 31.2 Å². The zero-order valence-corrected chi connectivity index (χ0v) is 18.1. The van der Waals surface area contributed by atoms with Crippen LogP contribution >= 0.6 is 0 Å². The fourth-order valence-corrected chi connectivity index (χ4v) is 3.55. The van der Waals surface area contributed by atoms with Gasteiger partial charge in [0.25, 0.3) is 5.56 Å². The van der Waals surface area contributed by atoms with Crippen molar-refractivity contribution < 1.29 is 28.2 Å². The second kappa shape index (κ2) is 9.84. The van der Waals surface area contributed by atoms with Crippen LogP contribution in [0.1, 0.15) is 32.5 Å². The topological polar surface area (TPSA) is 117 Å². The minimum atomic E-state index is -1.99. The first-order valence-corrected chi connectivity index (χ1v) is 10.4. The van der Waals surface area contributed by atoms with Crippen LogP contribution in [-0.2, 0) is 14.2 Å². The number of nitrogens with zero attached hydrogens (tertiary/aromatic N) is 1. The van der Waals surface area contributed by atoms with E-state index in [4.69, 9.17) is 14.2 Å². The van der Waals surface area contributed by atoms with Crippen molar-refractivity contribution in [1.82, 2.24) is 9.55 Å². The molecule has 1 fully saturated rings. The van der Waals surface area contributed by atoms with Gasteiger partial charge in [0.1, 0.15) is 12.7 Å². The minimum Gasteiger partial charge on any atom is -0.459 e. The van der Waals surface area contributed by atoms with Gasteiger partial charge in [-0.15, -0.1) is 0 Å². The Morgan fingerprint density at radius 1 is 1.00 bits per heavy atom. The number of alkyl halides is 1. The third kappa shape index (κ3) is 4.81. The zero-order valence-electron chi connectivity index (χ0n) is 18.1. The molecule has 0 saturated carbocycles. The molecule has 0 aliphatic carbocycles. The van der Waals surface area contributed by atoms with E-state index in [1.165, 1.54) is 19.1 Å². The zero-order chi connectivity index (χ0) is 24.2. The van der Waals surface area contributed by atoms with Crippen molar-refractivity contribution in [3.8, 4) is 0 Å². The normalized spacial score (nSPS) is 21.7. The van der Waals surface area contributed by atoms with E-state index >= 15 is 4.39 Å². The predicted molar refractivity (Wildman–Crippen MR) is 117 cm³/mol. The standard InChI is InChI=1S/C24H21FN2O7/c1-14-12-27(24(31)26-20(14)28)21-18(25)19(34-23(30)16-10-6-3-7-11-16)17(33-21)13-32-22(29)15-8-4-2-5-9-15/h2-12,17-19,21H,13H2,1H3,(H,26,28,31)/t17-,18-,19+,21+/m1/s1. The fraction of sp³-hybridized carbons (Fsp3) is 0.250. The molecule has 1 aliphatic heterocycles. The Bertz CT molecular complexity index is 1290. The van der Waals surface area contributed by atoms with Crippen molar-refractivity contribution in [2.75, 3.05) is 6.61 Å². The lowest BCUT2D eigenvalue weighted by Gasteiger charge is -2.19. The molecule has 2 heterocycles. The highest BCUT2D eigenvalue weighted by Crippen LogP contribution is 2.34. The molecule has 4 atom stereocenters. The summed E-state index contributed by atoms with van der Waals surface area (Å²) < 4.78 is 32.7. The van der Waals surface area contributed by atoms with Crippen molar-refractivity contribution in [1.29, 1.82) is 0 Å². The van der Waals surface area contributed by atoms with Crippen LogP contribution in [0.25, 0.3) is 0 Å². The number of aromatic nitrogens is 2. The van der Waals surface area contributed by atoms with Gasteiger partial charge in [0.15, 0.2) is 18.5 Å². The van der Waals surface area contributed by atoms with E-state index in [-0.39, 0.29) is 16.7 Å². The Hall–Kier alpha value is -4.05. The quantitative estimate of drug-likeness (QED) is 0.551. The van der Waals surface area contributed by atoms with E-state index in [1.807, 2.05) is 0 Å². The Labute approximate surface area is 192 Å². The summed E-state index contributed by atoms with van der Waals surface area (Å²) in [7, 11) is 0. The summed E-state index contributed by atoms with van der Waals surface area (Å²) in [6, 6.07) is 16.1. The number of hydrogen-bond acceptors (Lipinski definition) is 7. The third-order valence-electron chi connectivity index (χ3n) is 5.33. The molecule has 0 unspecified atom stereocenters. The van der Waals surface area contributed by atoms with Gasteiger partial charge in [0.2, 0.25) is 0 Å². The lowest BCUT2D eigenvalue weighted by atomic mass is 10.1. The summed E-state index contributed by atoms with van der Waals surface area (Å²) in [5, 5.41) is 0. The van der Waals surface area contributed by atoms with Gasteiger partial charge in [-0.1, -0.05) is 36.4 Å². The second-order valence-corrected chi connectivity index (χ2v) is 7.69. The molecular formula is C24H21FN2O7. The van der Waals surface area contributed by atoms with E-state index in [2.05, 4.69) is 4.98 Å². The smallest absolute Gasteiger partial charge is 0.338 e. The van der Waals surface area contributed by atoms with Crippen molar-refractivity contribution in [2.24, 2.45) is 0 Å². The first kappa shape index (κ1) is 23.1. The highest BCUT2D eigenvalue weighted by molar-refractivity contribution is 5.90. The van der Waals surface area contributed by atoms with E-state index in [0.29, 0.717) is 0 Å². The molecule has 176 valence electrons. The molecule has 1 aliphatic rings. The molecule has 0 amide bonds. The predicted octanol–water partition coefficient (Wildman–Crippen LogP) is 2.16. The number of H-pyrrole nitrogens is 1. The van der Waals surface area contributed by atoms with Gasteiger partial charge < -0.3 is 14.2 Å². The molecule has 4 rings (SSSR count). The van der Waals surface area contributed by atoms with Crippen LogP contribution < -0.4 is 11.2 Å². The Kier molecular flexibility index (Phi) is 6.69. The Morgan fingerprint density at radius 2 is 1.59 bits per heavy atom. The number of carbonyl (C=O) groups excluding carboxylic acids is 2. The number of aromatic amines is 1. The molecule has 9 nitrogen and oxygen atoms in total. The van der Waals surface area contributed by atoms with Crippen LogP contribution in [0.3, 0.4) is 0 Å². The van der Waals surface area contributed by atoms with Gasteiger partial charge in [0.05, 0.1) is 11.1 Å². The maximum atomic E-state index is 15.5. The first-order valence-electron chi connectivity index (χ1n) is 10.4. The molecule has 3 aromatic rings. The summed E-state index contributed by atoms with van der Waals surface area (Å²) in [6.07, 6.45) is -5.04. The number of rotatable bonds is 6. The van der Waals surface area contributed by atoms with Crippen LogP contribution in [0, 0.1) is 6.92 Å². The summed E-state index contributed by atoms with van der Waals surface area (Å²) in [5.41, 5.74) is -0.880. The molecule has 10 heteroatoms. The minimum absolute atomic E-state index is 0.159. The SMILES string of the molecule is Cc1cn([C@H]2O[C@H](COC(=O)c3ccccc3)[C@H](OC(=O)c3ccccc3)[C@H]2F)c(=O)[nH]c1=O. The number of hydrogen-bond donors (Lipinski definition) is 1. The van der Waals surface area contributed by atoms with Gasteiger partial charge in [0, 0.05) is 11.8 Å². The van der Waals surface area contributed by atoms with Crippen LogP contribution in [0.4, 0.5) is 4.39 Å². The average molecular weight is 468 g/mol. The summed E-state index contributed by atoms with van der Waals surface area (Å²) in [5.74, 6) is -1.48. The largest absolute Gasteiger partial charge is 0.459 e. The van der Waals surface area contributed by atoms with Crippen molar-refractivity contribution in [2.45, 2.75) is 31.5 Å².